The summed E-state index contributed by atoms with van der Waals surface area (Å²) in [7, 11) is 1.48. The molecule has 4 heteroatoms. The zero-order valence-electron chi connectivity index (χ0n) is 9.49. The van der Waals surface area contributed by atoms with Gasteiger partial charge < -0.3 is 4.74 Å². The summed E-state index contributed by atoms with van der Waals surface area (Å²) in [5, 5.41) is 0. The second-order valence-electron chi connectivity index (χ2n) is 4.70. The first-order chi connectivity index (χ1) is 7.14. The minimum Gasteiger partial charge on any atom is -0.468 e. The second kappa shape index (κ2) is 4.34. The number of nitrogens with zero attached hydrogens (tertiary/aromatic N) is 1. The molecule has 0 aliphatic carbocycles. The number of rotatable bonds is 3. The lowest BCUT2D eigenvalue weighted by atomic mass is 9.98. The van der Waals surface area contributed by atoms with Crippen LogP contribution in [0.2, 0.25) is 0 Å². The van der Waals surface area contributed by atoms with Crippen LogP contribution in [0.3, 0.4) is 0 Å². The maximum atomic E-state index is 11.4. The van der Waals surface area contributed by atoms with Gasteiger partial charge in [-0.25, -0.2) is 0 Å². The summed E-state index contributed by atoms with van der Waals surface area (Å²) in [6.45, 7) is 4.41. The summed E-state index contributed by atoms with van der Waals surface area (Å²) in [5.74, 6) is 1.21. The van der Waals surface area contributed by atoms with E-state index in [1.54, 1.807) is 0 Å². The lowest BCUT2D eigenvalue weighted by molar-refractivity contribution is -0.152. The monoisotopic (exact) mass is 229 g/mol. The van der Waals surface area contributed by atoms with Crippen LogP contribution in [0.25, 0.3) is 0 Å². The molecule has 2 unspecified atom stereocenters. The first-order valence-electron chi connectivity index (χ1n) is 5.60. The standard InChI is InChI=1S/C11H19NO2S/c1-11(5-3-7-15-11)8-12-6-4-9(12)10(13)14-2/h9H,3-8H2,1-2H3. The van der Waals surface area contributed by atoms with Crippen molar-refractivity contribution < 1.29 is 9.53 Å². The molecule has 2 rings (SSSR count). The molecule has 2 fully saturated rings. The fraction of sp³-hybridized carbons (Fsp3) is 0.909. The fourth-order valence-electron chi connectivity index (χ4n) is 2.42. The summed E-state index contributed by atoms with van der Waals surface area (Å²) < 4.78 is 5.16. The maximum absolute atomic E-state index is 11.4. The number of carbonyl (C=O) groups excluding carboxylic acids is 1. The minimum absolute atomic E-state index is 0.0352. The van der Waals surface area contributed by atoms with E-state index in [4.69, 9.17) is 4.74 Å². The van der Waals surface area contributed by atoms with Gasteiger partial charge in [-0.1, -0.05) is 0 Å². The van der Waals surface area contributed by atoms with Crippen LogP contribution < -0.4 is 0 Å². The SMILES string of the molecule is COC(=O)C1CCN1CC1(C)CCCS1. The van der Waals surface area contributed by atoms with Gasteiger partial charge >= 0.3 is 5.97 Å². The molecule has 0 radical (unpaired) electrons. The normalized spacial score (nSPS) is 36.3. The molecule has 2 saturated heterocycles. The summed E-state index contributed by atoms with van der Waals surface area (Å²) in [4.78, 5) is 13.7. The molecule has 0 saturated carbocycles. The van der Waals surface area contributed by atoms with Gasteiger partial charge in [-0.2, -0.15) is 11.8 Å². The fourth-order valence-corrected chi connectivity index (χ4v) is 3.75. The van der Waals surface area contributed by atoms with Gasteiger partial charge in [0.05, 0.1) is 7.11 Å². The number of likely N-dealkylation sites (tertiary alicyclic amines) is 1. The third kappa shape index (κ3) is 2.31. The van der Waals surface area contributed by atoms with Gasteiger partial charge in [0.25, 0.3) is 0 Å². The highest BCUT2D eigenvalue weighted by Gasteiger charge is 2.40. The van der Waals surface area contributed by atoms with Crippen molar-refractivity contribution in [2.45, 2.75) is 37.0 Å². The highest BCUT2D eigenvalue weighted by Crippen LogP contribution is 2.39. The Morgan fingerprint density at radius 3 is 2.93 bits per heavy atom. The van der Waals surface area contributed by atoms with Crippen LogP contribution in [0.5, 0.6) is 0 Å². The Morgan fingerprint density at radius 1 is 1.67 bits per heavy atom. The van der Waals surface area contributed by atoms with E-state index >= 15 is 0 Å². The zero-order valence-corrected chi connectivity index (χ0v) is 10.3. The average molecular weight is 229 g/mol. The third-order valence-corrected chi connectivity index (χ3v) is 4.96. The number of carbonyl (C=O) groups is 1. The molecule has 0 aromatic carbocycles. The molecular formula is C11H19NO2S. The van der Waals surface area contributed by atoms with E-state index in [1.807, 2.05) is 11.8 Å². The first kappa shape index (κ1) is 11.3. The van der Waals surface area contributed by atoms with Crippen LogP contribution in [0.15, 0.2) is 0 Å². The van der Waals surface area contributed by atoms with Crippen molar-refractivity contribution in [3.63, 3.8) is 0 Å². The Labute approximate surface area is 95.5 Å². The molecule has 0 aromatic rings. The van der Waals surface area contributed by atoms with Gasteiger partial charge in [-0.15, -0.1) is 0 Å². The number of hydrogen-bond donors (Lipinski definition) is 0. The van der Waals surface area contributed by atoms with E-state index in [0.717, 1.165) is 19.5 Å². The average Bonchev–Trinajstić information content (AvgIpc) is 2.60. The molecule has 0 spiro atoms. The highest BCUT2D eigenvalue weighted by molar-refractivity contribution is 8.00. The quantitative estimate of drug-likeness (QED) is 0.686. The number of hydrogen-bond acceptors (Lipinski definition) is 4. The van der Waals surface area contributed by atoms with Crippen molar-refractivity contribution in [3.8, 4) is 0 Å². The van der Waals surface area contributed by atoms with Crippen molar-refractivity contribution in [1.29, 1.82) is 0 Å². The summed E-state index contributed by atoms with van der Waals surface area (Å²) in [6, 6.07) is 0.0352. The van der Waals surface area contributed by atoms with Crippen LogP contribution in [-0.2, 0) is 9.53 Å². The maximum Gasteiger partial charge on any atom is 0.323 e. The topological polar surface area (TPSA) is 29.5 Å². The van der Waals surface area contributed by atoms with Crippen LogP contribution in [0.1, 0.15) is 26.2 Å². The van der Waals surface area contributed by atoms with Crippen molar-refractivity contribution in [2.75, 3.05) is 26.0 Å². The Hall–Kier alpha value is -0.220. The molecule has 86 valence electrons. The minimum atomic E-state index is -0.0622. The van der Waals surface area contributed by atoms with E-state index in [-0.39, 0.29) is 12.0 Å². The Morgan fingerprint density at radius 2 is 2.47 bits per heavy atom. The van der Waals surface area contributed by atoms with Gasteiger partial charge in [-0.3, -0.25) is 9.69 Å². The van der Waals surface area contributed by atoms with Crippen LogP contribution in [-0.4, -0.2) is 47.6 Å². The Bertz CT molecular complexity index is 251. The predicted octanol–water partition coefficient (Wildman–Crippen LogP) is 1.52. The number of thioether (sulfide) groups is 1. The Kier molecular flexibility index (Phi) is 3.26. The van der Waals surface area contributed by atoms with Gasteiger partial charge in [-0.05, 0) is 31.9 Å². The molecule has 0 amide bonds. The number of esters is 1. The van der Waals surface area contributed by atoms with Crippen molar-refractivity contribution in [1.82, 2.24) is 4.90 Å². The highest BCUT2D eigenvalue weighted by atomic mass is 32.2. The van der Waals surface area contributed by atoms with Gasteiger partial charge in [0.2, 0.25) is 0 Å². The van der Waals surface area contributed by atoms with Crippen LogP contribution in [0, 0.1) is 0 Å². The molecular weight excluding hydrogens is 210 g/mol. The van der Waals surface area contributed by atoms with Crippen molar-refractivity contribution in [3.05, 3.63) is 0 Å². The largest absolute Gasteiger partial charge is 0.468 e. The molecule has 3 nitrogen and oxygen atoms in total. The Balaban J connectivity index is 1.87. The lowest BCUT2D eigenvalue weighted by Crippen LogP contribution is -2.56. The number of ether oxygens (including phenoxy) is 1. The van der Waals surface area contributed by atoms with Crippen molar-refractivity contribution >= 4 is 17.7 Å². The van der Waals surface area contributed by atoms with Gasteiger partial charge in [0.1, 0.15) is 6.04 Å². The molecule has 0 N–H and O–H groups in total. The van der Waals surface area contributed by atoms with Crippen molar-refractivity contribution in [2.24, 2.45) is 0 Å². The molecule has 2 aliphatic rings. The second-order valence-corrected chi connectivity index (χ2v) is 6.38. The van der Waals surface area contributed by atoms with E-state index in [9.17, 15) is 4.79 Å². The molecule has 15 heavy (non-hydrogen) atoms. The molecule has 2 aliphatic heterocycles. The van der Waals surface area contributed by atoms with Crippen LogP contribution >= 0.6 is 11.8 Å². The molecule has 2 atom stereocenters. The molecule has 0 bridgehead atoms. The summed E-state index contributed by atoms with van der Waals surface area (Å²) >= 11 is 2.05. The van der Waals surface area contributed by atoms with E-state index < -0.39 is 0 Å². The summed E-state index contributed by atoms with van der Waals surface area (Å²) in [5.41, 5.74) is 0. The number of methoxy groups -OCH3 is 1. The zero-order chi connectivity index (χ0) is 10.9. The van der Waals surface area contributed by atoms with E-state index in [2.05, 4.69) is 11.8 Å². The first-order valence-corrected chi connectivity index (χ1v) is 6.59. The van der Waals surface area contributed by atoms with Gasteiger partial charge in [0.15, 0.2) is 0 Å². The summed E-state index contributed by atoms with van der Waals surface area (Å²) in [6.07, 6.45) is 3.56. The van der Waals surface area contributed by atoms with Crippen LogP contribution in [0.4, 0.5) is 0 Å². The van der Waals surface area contributed by atoms with E-state index in [0.29, 0.717) is 4.75 Å². The lowest BCUT2D eigenvalue weighted by Gasteiger charge is -2.42. The third-order valence-electron chi connectivity index (χ3n) is 3.44. The molecule has 2 heterocycles. The van der Waals surface area contributed by atoms with Gasteiger partial charge in [0, 0.05) is 17.8 Å². The smallest absolute Gasteiger partial charge is 0.323 e. The van der Waals surface area contributed by atoms with E-state index in [1.165, 1.54) is 25.7 Å². The predicted molar refractivity (Wildman–Crippen MR) is 62.1 cm³/mol. The molecule has 0 aromatic heterocycles.